The van der Waals surface area contributed by atoms with Crippen molar-refractivity contribution in [2.24, 2.45) is 22.7 Å². The van der Waals surface area contributed by atoms with Crippen molar-refractivity contribution < 1.29 is 19.1 Å². The summed E-state index contributed by atoms with van der Waals surface area (Å²) >= 11 is 1.05. The van der Waals surface area contributed by atoms with Gasteiger partial charge in [0.25, 0.3) is 11.8 Å². The third-order valence-electron chi connectivity index (χ3n) is 4.95. The summed E-state index contributed by atoms with van der Waals surface area (Å²) in [6.07, 6.45) is 4.43. The summed E-state index contributed by atoms with van der Waals surface area (Å²) in [7, 11) is 1.26. The van der Waals surface area contributed by atoms with Crippen molar-refractivity contribution in [3.63, 3.8) is 0 Å². The van der Waals surface area contributed by atoms with E-state index in [1.807, 2.05) is 0 Å². The van der Waals surface area contributed by atoms with Crippen LogP contribution in [0.5, 0.6) is 0 Å². The zero-order chi connectivity index (χ0) is 14.7. The minimum absolute atomic E-state index is 0.0702. The smallest absolute Gasteiger partial charge is 0.345 e. The molecule has 7 heteroatoms. The van der Waals surface area contributed by atoms with Crippen molar-refractivity contribution >= 4 is 34.7 Å². The van der Waals surface area contributed by atoms with E-state index in [4.69, 9.17) is 0 Å². The van der Waals surface area contributed by atoms with Gasteiger partial charge in [0, 0.05) is 6.08 Å². The number of aliphatic imine (C=N–C) groups is 1. The van der Waals surface area contributed by atoms with Crippen LogP contribution in [0.25, 0.3) is 0 Å². The Hall–Kier alpha value is -1.63. The molecule has 2 heterocycles. The molecule has 2 aliphatic carbocycles. The van der Waals surface area contributed by atoms with Gasteiger partial charge in [-0.25, -0.2) is 4.79 Å². The maximum Gasteiger partial charge on any atom is 0.345 e. The first kappa shape index (κ1) is 13.1. The first-order valence-electron chi connectivity index (χ1n) is 7.03. The van der Waals surface area contributed by atoms with E-state index in [-0.39, 0.29) is 28.7 Å². The van der Waals surface area contributed by atoms with Crippen LogP contribution in [-0.4, -0.2) is 41.0 Å². The Morgan fingerprint density at radius 1 is 1.38 bits per heavy atom. The van der Waals surface area contributed by atoms with Crippen LogP contribution in [0.4, 0.5) is 0 Å². The van der Waals surface area contributed by atoms with Crippen LogP contribution < -0.4 is 0 Å². The highest BCUT2D eigenvalue weighted by Gasteiger charge is 2.57. The molecule has 0 spiro atoms. The van der Waals surface area contributed by atoms with E-state index < -0.39 is 5.97 Å². The summed E-state index contributed by atoms with van der Waals surface area (Å²) in [5.41, 5.74) is 0. The van der Waals surface area contributed by atoms with Crippen LogP contribution in [0.2, 0.25) is 0 Å². The number of amides is 2. The molecule has 2 amide bonds. The fourth-order valence-electron chi connectivity index (χ4n) is 4.15. The second-order valence-electron chi connectivity index (χ2n) is 5.89. The van der Waals surface area contributed by atoms with Crippen molar-refractivity contribution in [1.29, 1.82) is 0 Å². The molecule has 0 aromatic carbocycles. The SMILES string of the molecule is COC(=O)C1=CC(=O)N2C(=NC(=O)[C@@H]3[C@H]4CC[C@H](C4)[C@@H]32)S1. The van der Waals surface area contributed by atoms with Crippen LogP contribution in [0.1, 0.15) is 19.3 Å². The third-order valence-corrected chi connectivity index (χ3v) is 5.92. The van der Waals surface area contributed by atoms with Crippen molar-refractivity contribution in [1.82, 2.24) is 4.90 Å². The van der Waals surface area contributed by atoms with Crippen molar-refractivity contribution in [2.75, 3.05) is 7.11 Å². The average Bonchev–Trinajstić information content (AvgIpc) is 3.07. The van der Waals surface area contributed by atoms with Gasteiger partial charge in [-0.2, -0.15) is 4.99 Å². The number of carbonyl (C=O) groups excluding carboxylic acids is 3. The third kappa shape index (κ3) is 1.73. The molecule has 0 unspecified atom stereocenters. The highest BCUT2D eigenvalue weighted by atomic mass is 32.2. The lowest BCUT2D eigenvalue weighted by Crippen LogP contribution is -2.55. The molecule has 21 heavy (non-hydrogen) atoms. The first-order chi connectivity index (χ1) is 10.1. The Bertz CT molecular complexity index is 626. The van der Waals surface area contributed by atoms with Crippen LogP contribution in [0.15, 0.2) is 16.0 Å². The van der Waals surface area contributed by atoms with Crippen LogP contribution in [0, 0.1) is 17.8 Å². The van der Waals surface area contributed by atoms with Gasteiger partial charge in [0.15, 0.2) is 5.17 Å². The maximum absolute atomic E-state index is 12.4. The fourth-order valence-corrected chi connectivity index (χ4v) is 5.12. The second-order valence-corrected chi connectivity index (χ2v) is 6.90. The number of thioether (sulfide) groups is 1. The van der Waals surface area contributed by atoms with Gasteiger partial charge in [0.1, 0.15) is 4.91 Å². The molecule has 4 aliphatic rings. The summed E-state index contributed by atoms with van der Waals surface area (Å²) in [6, 6.07) is -0.0702. The Morgan fingerprint density at radius 3 is 2.90 bits per heavy atom. The molecule has 0 saturated heterocycles. The molecule has 0 aromatic heterocycles. The van der Waals surface area contributed by atoms with Gasteiger partial charge in [-0.3, -0.25) is 14.5 Å². The molecular formula is C14H14N2O4S. The number of carbonyl (C=O) groups is 3. The lowest BCUT2D eigenvalue weighted by molar-refractivity contribution is -0.136. The van der Waals surface area contributed by atoms with Crippen LogP contribution >= 0.6 is 11.8 Å². The highest BCUT2D eigenvalue weighted by Crippen LogP contribution is 2.53. The zero-order valence-corrected chi connectivity index (χ0v) is 12.3. The molecular weight excluding hydrogens is 292 g/mol. The van der Waals surface area contributed by atoms with E-state index in [1.165, 1.54) is 13.2 Å². The molecule has 2 saturated carbocycles. The molecule has 0 aromatic rings. The Morgan fingerprint density at radius 2 is 2.14 bits per heavy atom. The topological polar surface area (TPSA) is 76.0 Å². The van der Waals surface area contributed by atoms with Gasteiger partial charge in [0.2, 0.25) is 0 Å². The van der Waals surface area contributed by atoms with Gasteiger partial charge in [-0.15, -0.1) is 0 Å². The summed E-state index contributed by atoms with van der Waals surface area (Å²) in [4.78, 5) is 42.2. The minimum atomic E-state index is -0.571. The molecule has 6 nitrogen and oxygen atoms in total. The number of nitrogens with zero attached hydrogens (tertiary/aromatic N) is 2. The fraction of sp³-hybridized carbons (Fsp3) is 0.571. The summed E-state index contributed by atoms with van der Waals surface area (Å²) in [5, 5.41) is 0.335. The molecule has 4 rings (SSSR count). The molecule has 0 N–H and O–H groups in total. The Labute approximate surface area is 125 Å². The molecule has 2 fully saturated rings. The largest absolute Gasteiger partial charge is 0.465 e. The standard InChI is InChI=1S/C14H14N2O4S/c1-20-13(19)8-5-9(17)16-11-7-3-2-6(4-7)10(11)12(18)15-14(16)21-8/h5-7,10-11H,2-4H2,1H3/t6-,7+,10+,11-/m0/s1. The Balaban J connectivity index is 1.74. The molecule has 0 radical (unpaired) electrons. The normalized spacial score (nSPS) is 36.9. The molecule has 110 valence electrons. The number of hydrogen-bond acceptors (Lipinski definition) is 5. The first-order valence-corrected chi connectivity index (χ1v) is 7.85. The van der Waals surface area contributed by atoms with Gasteiger partial charge >= 0.3 is 5.97 Å². The average molecular weight is 306 g/mol. The number of fused-ring (bicyclic) bond motifs is 7. The quantitative estimate of drug-likeness (QED) is 0.674. The lowest BCUT2D eigenvalue weighted by Gasteiger charge is -2.42. The van der Waals surface area contributed by atoms with Crippen molar-refractivity contribution in [3.05, 3.63) is 11.0 Å². The number of hydrogen-bond donors (Lipinski definition) is 0. The zero-order valence-electron chi connectivity index (χ0n) is 11.4. The summed E-state index contributed by atoms with van der Waals surface area (Å²) in [5.74, 6) is -0.371. The van der Waals surface area contributed by atoms with E-state index in [1.54, 1.807) is 4.90 Å². The Kier molecular flexibility index (Phi) is 2.76. The molecule has 2 bridgehead atoms. The lowest BCUT2D eigenvalue weighted by atomic mass is 9.82. The number of esters is 1. The van der Waals surface area contributed by atoms with E-state index in [9.17, 15) is 14.4 Å². The monoisotopic (exact) mass is 306 g/mol. The molecule has 2 aliphatic heterocycles. The van der Waals surface area contributed by atoms with E-state index in [2.05, 4.69) is 9.73 Å². The van der Waals surface area contributed by atoms with Crippen LogP contribution in [-0.2, 0) is 19.1 Å². The second kappa shape index (κ2) is 4.43. The van der Waals surface area contributed by atoms with Gasteiger partial charge < -0.3 is 4.74 Å². The van der Waals surface area contributed by atoms with Gasteiger partial charge in [-0.05, 0) is 42.9 Å². The number of ether oxygens (including phenoxy) is 1. The number of methoxy groups -OCH3 is 1. The highest BCUT2D eigenvalue weighted by molar-refractivity contribution is 8.18. The molecule has 4 atom stereocenters. The number of rotatable bonds is 1. The minimum Gasteiger partial charge on any atom is -0.465 e. The van der Waals surface area contributed by atoms with Gasteiger partial charge in [-0.1, -0.05) is 0 Å². The van der Waals surface area contributed by atoms with Crippen LogP contribution in [0.3, 0.4) is 0 Å². The summed E-state index contributed by atoms with van der Waals surface area (Å²) in [6.45, 7) is 0. The van der Waals surface area contributed by atoms with Crippen molar-refractivity contribution in [3.8, 4) is 0 Å². The van der Waals surface area contributed by atoms with E-state index in [0.717, 1.165) is 31.0 Å². The predicted molar refractivity (Wildman–Crippen MR) is 75.1 cm³/mol. The van der Waals surface area contributed by atoms with Gasteiger partial charge in [0.05, 0.1) is 19.1 Å². The number of amidine groups is 1. The maximum atomic E-state index is 12.4. The summed E-state index contributed by atoms with van der Waals surface area (Å²) < 4.78 is 4.64. The predicted octanol–water partition coefficient (Wildman–Crippen LogP) is 0.930. The van der Waals surface area contributed by atoms with E-state index in [0.29, 0.717) is 17.0 Å². The van der Waals surface area contributed by atoms with E-state index >= 15 is 0 Å². The van der Waals surface area contributed by atoms with Crippen molar-refractivity contribution in [2.45, 2.75) is 25.3 Å².